The van der Waals surface area contributed by atoms with Crippen LogP contribution in [0.1, 0.15) is 39.0 Å². The number of rotatable bonds is 6. The van der Waals surface area contributed by atoms with Crippen LogP contribution in [0.5, 0.6) is 0 Å². The van der Waals surface area contributed by atoms with Crippen LogP contribution in [0.3, 0.4) is 0 Å². The molecular formula is C12H22N2O3S. The minimum atomic E-state index is -0.831. The third-order valence-electron chi connectivity index (χ3n) is 2.93. The molecule has 1 aliphatic heterocycles. The van der Waals surface area contributed by atoms with Crippen molar-refractivity contribution in [2.24, 2.45) is 0 Å². The fourth-order valence-electron chi connectivity index (χ4n) is 1.86. The molecule has 0 radical (unpaired) electrons. The van der Waals surface area contributed by atoms with Crippen molar-refractivity contribution < 1.29 is 14.7 Å². The molecule has 0 spiro atoms. The normalized spacial score (nSPS) is 21.1. The van der Waals surface area contributed by atoms with Crippen LogP contribution in [0.2, 0.25) is 0 Å². The average molecular weight is 274 g/mol. The summed E-state index contributed by atoms with van der Waals surface area (Å²) in [5.74, 6) is 0.353. The number of hydrogen-bond acceptors (Lipinski definition) is 3. The zero-order valence-electron chi connectivity index (χ0n) is 10.8. The zero-order chi connectivity index (χ0) is 13.4. The third-order valence-corrected chi connectivity index (χ3v) is 4.33. The second kappa shape index (κ2) is 8.24. The first-order valence-corrected chi connectivity index (χ1v) is 7.50. The van der Waals surface area contributed by atoms with Crippen LogP contribution < -0.4 is 10.6 Å². The summed E-state index contributed by atoms with van der Waals surface area (Å²) in [4.78, 5) is 22.0. The number of carbonyl (C=O) groups excluding carboxylic acids is 1. The average Bonchev–Trinajstić information content (AvgIpc) is 2.35. The SMILES string of the molecule is CC(CCC(=O)O)NC(=O)NCC1CCCCS1. The Morgan fingerprint density at radius 1 is 1.44 bits per heavy atom. The van der Waals surface area contributed by atoms with E-state index in [2.05, 4.69) is 10.6 Å². The molecule has 1 heterocycles. The largest absolute Gasteiger partial charge is 0.481 e. The maximum absolute atomic E-state index is 11.6. The van der Waals surface area contributed by atoms with E-state index in [0.717, 1.165) is 0 Å². The highest BCUT2D eigenvalue weighted by Gasteiger charge is 2.15. The highest BCUT2D eigenvalue weighted by molar-refractivity contribution is 7.99. The number of carboxylic acids is 1. The molecule has 1 rings (SSSR count). The number of amides is 2. The molecule has 104 valence electrons. The van der Waals surface area contributed by atoms with E-state index in [1.165, 1.54) is 25.0 Å². The number of carbonyl (C=O) groups is 2. The van der Waals surface area contributed by atoms with Gasteiger partial charge in [0.05, 0.1) is 0 Å². The van der Waals surface area contributed by atoms with E-state index in [1.807, 2.05) is 18.7 Å². The maximum Gasteiger partial charge on any atom is 0.315 e. The van der Waals surface area contributed by atoms with Crippen LogP contribution in [0.4, 0.5) is 4.79 Å². The minimum Gasteiger partial charge on any atom is -0.481 e. The molecule has 0 saturated carbocycles. The van der Waals surface area contributed by atoms with Gasteiger partial charge in [-0.25, -0.2) is 4.79 Å². The van der Waals surface area contributed by atoms with E-state index in [-0.39, 0.29) is 18.5 Å². The van der Waals surface area contributed by atoms with E-state index in [1.54, 1.807) is 0 Å². The minimum absolute atomic E-state index is 0.0833. The summed E-state index contributed by atoms with van der Waals surface area (Å²) in [6, 6.07) is -0.306. The predicted molar refractivity (Wildman–Crippen MR) is 73.0 cm³/mol. The molecule has 0 aromatic rings. The third kappa shape index (κ3) is 6.74. The summed E-state index contributed by atoms with van der Waals surface area (Å²) in [5.41, 5.74) is 0. The molecule has 0 bridgehead atoms. The van der Waals surface area contributed by atoms with Gasteiger partial charge >= 0.3 is 12.0 Å². The zero-order valence-corrected chi connectivity index (χ0v) is 11.6. The molecular weight excluding hydrogens is 252 g/mol. The predicted octanol–water partition coefficient (Wildman–Crippen LogP) is 1.82. The highest BCUT2D eigenvalue weighted by atomic mass is 32.2. The Kier molecular flexibility index (Phi) is 6.93. The lowest BCUT2D eigenvalue weighted by molar-refractivity contribution is -0.137. The molecule has 0 aromatic carbocycles. The second-order valence-corrected chi connectivity index (χ2v) is 6.08. The van der Waals surface area contributed by atoms with Crippen molar-refractivity contribution in [3.8, 4) is 0 Å². The summed E-state index contributed by atoms with van der Waals surface area (Å²) in [7, 11) is 0. The van der Waals surface area contributed by atoms with Gasteiger partial charge in [-0.15, -0.1) is 0 Å². The summed E-state index contributed by atoms with van der Waals surface area (Å²) < 4.78 is 0. The Labute approximate surface area is 112 Å². The van der Waals surface area contributed by atoms with Gasteiger partial charge in [0.1, 0.15) is 0 Å². The van der Waals surface area contributed by atoms with Crippen molar-refractivity contribution in [2.75, 3.05) is 12.3 Å². The van der Waals surface area contributed by atoms with Gasteiger partial charge in [-0.2, -0.15) is 11.8 Å². The molecule has 2 unspecified atom stereocenters. The van der Waals surface area contributed by atoms with Gasteiger partial charge in [0.25, 0.3) is 0 Å². The number of urea groups is 1. The first kappa shape index (κ1) is 15.1. The van der Waals surface area contributed by atoms with Crippen LogP contribution >= 0.6 is 11.8 Å². The quantitative estimate of drug-likeness (QED) is 0.690. The van der Waals surface area contributed by atoms with Crippen molar-refractivity contribution in [2.45, 2.75) is 50.3 Å². The van der Waals surface area contributed by atoms with Crippen molar-refractivity contribution in [1.29, 1.82) is 0 Å². The molecule has 1 saturated heterocycles. The Bertz CT molecular complexity index is 280. The summed E-state index contributed by atoms with van der Waals surface area (Å²) in [5, 5.41) is 14.7. The molecule has 6 heteroatoms. The van der Waals surface area contributed by atoms with Crippen LogP contribution in [0.15, 0.2) is 0 Å². The number of hydrogen-bond donors (Lipinski definition) is 3. The van der Waals surface area contributed by atoms with E-state index in [4.69, 9.17) is 5.11 Å². The lowest BCUT2D eigenvalue weighted by atomic mass is 10.2. The monoisotopic (exact) mass is 274 g/mol. The Balaban J connectivity index is 2.10. The lowest BCUT2D eigenvalue weighted by Crippen LogP contribution is -2.43. The Hall–Kier alpha value is -0.910. The fraction of sp³-hybridized carbons (Fsp3) is 0.833. The van der Waals surface area contributed by atoms with Crippen molar-refractivity contribution in [3.05, 3.63) is 0 Å². The van der Waals surface area contributed by atoms with E-state index in [0.29, 0.717) is 18.2 Å². The van der Waals surface area contributed by atoms with E-state index in [9.17, 15) is 9.59 Å². The van der Waals surface area contributed by atoms with Crippen molar-refractivity contribution in [3.63, 3.8) is 0 Å². The van der Waals surface area contributed by atoms with E-state index < -0.39 is 5.97 Å². The Morgan fingerprint density at radius 2 is 2.22 bits per heavy atom. The number of thioether (sulfide) groups is 1. The number of carboxylic acid groups (broad SMARTS) is 1. The lowest BCUT2D eigenvalue weighted by Gasteiger charge is -2.22. The second-order valence-electron chi connectivity index (χ2n) is 4.68. The molecule has 2 amide bonds. The smallest absolute Gasteiger partial charge is 0.315 e. The van der Waals surface area contributed by atoms with Gasteiger partial charge in [-0.3, -0.25) is 4.79 Å². The van der Waals surface area contributed by atoms with Crippen LogP contribution in [0, 0.1) is 0 Å². The Morgan fingerprint density at radius 3 is 2.83 bits per heavy atom. The fourth-order valence-corrected chi connectivity index (χ4v) is 3.10. The van der Waals surface area contributed by atoms with Gasteiger partial charge < -0.3 is 15.7 Å². The molecule has 2 atom stereocenters. The number of nitrogens with one attached hydrogen (secondary N) is 2. The first-order valence-electron chi connectivity index (χ1n) is 6.45. The summed E-state index contributed by atoms with van der Waals surface area (Å²) in [6.45, 7) is 2.51. The number of aliphatic carboxylic acids is 1. The summed E-state index contributed by atoms with van der Waals surface area (Å²) in [6.07, 6.45) is 4.23. The molecule has 0 aromatic heterocycles. The van der Waals surface area contributed by atoms with Crippen molar-refractivity contribution >= 4 is 23.8 Å². The molecule has 1 aliphatic rings. The topological polar surface area (TPSA) is 78.4 Å². The van der Waals surface area contributed by atoms with Crippen molar-refractivity contribution in [1.82, 2.24) is 10.6 Å². The van der Waals surface area contributed by atoms with Gasteiger partial charge in [0, 0.05) is 24.3 Å². The summed E-state index contributed by atoms with van der Waals surface area (Å²) >= 11 is 1.92. The van der Waals surface area contributed by atoms with Gasteiger partial charge in [0.15, 0.2) is 0 Å². The molecule has 3 N–H and O–H groups in total. The van der Waals surface area contributed by atoms with Gasteiger partial charge in [-0.1, -0.05) is 6.42 Å². The van der Waals surface area contributed by atoms with Gasteiger partial charge in [-0.05, 0) is 31.9 Å². The maximum atomic E-state index is 11.6. The van der Waals surface area contributed by atoms with Crippen LogP contribution in [-0.4, -0.2) is 40.7 Å². The molecule has 18 heavy (non-hydrogen) atoms. The molecule has 5 nitrogen and oxygen atoms in total. The molecule has 0 aliphatic carbocycles. The van der Waals surface area contributed by atoms with Crippen LogP contribution in [0.25, 0.3) is 0 Å². The first-order chi connectivity index (χ1) is 8.58. The molecule has 1 fully saturated rings. The van der Waals surface area contributed by atoms with Gasteiger partial charge in [0.2, 0.25) is 0 Å². The highest BCUT2D eigenvalue weighted by Crippen LogP contribution is 2.24. The standard InChI is InChI=1S/C12H22N2O3S/c1-9(5-6-11(15)16)14-12(17)13-8-10-4-2-3-7-18-10/h9-10H,2-8H2,1H3,(H,15,16)(H2,13,14,17). The van der Waals surface area contributed by atoms with Crippen LogP contribution in [-0.2, 0) is 4.79 Å². The van der Waals surface area contributed by atoms with E-state index >= 15 is 0 Å².